The first-order chi connectivity index (χ1) is 12.3. The quantitative estimate of drug-likeness (QED) is 0.809. The monoisotopic (exact) mass is 371 g/mol. The van der Waals surface area contributed by atoms with Crippen molar-refractivity contribution >= 4 is 21.6 Å². The molecule has 2 aromatic carbocycles. The van der Waals surface area contributed by atoms with Crippen molar-refractivity contribution in [2.75, 3.05) is 17.1 Å². The van der Waals surface area contributed by atoms with Gasteiger partial charge in [0, 0.05) is 19.5 Å². The molecule has 0 aliphatic carbocycles. The number of benzene rings is 2. The van der Waals surface area contributed by atoms with E-state index in [1.54, 1.807) is 24.3 Å². The highest BCUT2D eigenvalue weighted by Gasteiger charge is 2.18. The predicted octanol–water partition coefficient (Wildman–Crippen LogP) is 2.34. The van der Waals surface area contributed by atoms with Crippen LogP contribution in [0.3, 0.4) is 0 Å². The summed E-state index contributed by atoms with van der Waals surface area (Å²) < 4.78 is 25.2. The van der Waals surface area contributed by atoms with Gasteiger partial charge in [-0.2, -0.15) is 5.26 Å². The number of rotatable bonds is 7. The lowest BCUT2D eigenvalue weighted by Gasteiger charge is -2.22. The molecule has 0 saturated heterocycles. The van der Waals surface area contributed by atoms with E-state index in [9.17, 15) is 13.2 Å². The van der Waals surface area contributed by atoms with E-state index in [1.807, 2.05) is 37.3 Å². The van der Waals surface area contributed by atoms with Crippen molar-refractivity contribution in [3.63, 3.8) is 0 Å². The van der Waals surface area contributed by atoms with Crippen molar-refractivity contribution in [2.24, 2.45) is 0 Å². The molecule has 0 aliphatic rings. The van der Waals surface area contributed by atoms with E-state index < -0.39 is 10.0 Å². The zero-order valence-corrected chi connectivity index (χ0v) is 15.6. The number of nitrogens with one attached hydrogen (secondary N) is 1. The Balaban J connectivity index is 1.97. The summed E-state index contributed by atoms with van der Waals surface area (Å²) in [7, 11) is -3.53. The summed E-state index contributed by atoms with van der Waals surface area (Å²) in [6.45, 7) is 2.42. The number of anilines is 1. The van der Waals surface area contributed by atoms with Crippen LogP contribution >= 0.6 is 0 Å². The lowest BCUT2D eigenvalue weighted by Crippen LogP contribution is -2.34. The molecule has 0 heterocycles. The van der Waals surface area contributed by atoms with E-state index in [1.165, 1.54) is 4.31 Å². The summed E-state index contributed by atoms with van der Waals surface area (Å²) >= 11 is 0. The van der Waals surface area contributed by atoms with Gasteiger partial charge >= 0.3 is 0 Å². The first kappa shape index (κ1) is 19.5. The third-order valence-corrected chi connectivity index (χ3v) is 5.03. The maximum absolute atomic E-state index is 12.1. The summed E-state index contributed by atoms with van der Waals surface area (Å²) in [5, 5.41) is 11.6. The van der Waals surface area contributed by atoms with Gasteiger partial charge in [-0.05, 0) is 36.8 Å². The van der Waals surface area contributed by atoms with Crippen LogP contribution in [0.4, 0.5) is 5.69 Å². The molecule has 1 amide bonds. The molecule has 0 radical (unpaired) electrons. The SMILES string of the molecule is Cc1ccc(CNC(=O)CCN(c2ccc(C#N)cc2)S(C)(=O)=O)cc1. The van der Waals surface area contributed by atoms with Crippen LogP contribution in [0.1, 0.15) is 23.1 Å². The Morgan fingerprint density at radius 3 is 2.27 bits per heavy atom. The van der Waals surface area contributed by atoms with Crippen LogP contribution in [0, 0.1) is 18.3 Å². The maximum atomic E-state index is 12.1. The average molecular weight is 371 g/mol. The smallest absolute Gasteiger partial charge is 0.232 e. The fourth-order valence-corrected chi connectivity index (χ4v) is 3.31. The van der Waals surface area contributed by atoms with E-state index in [4.69, 9.17) is 5.26 Å². The van der Waals surface area contributed by atoms with Gasteiger partial charge < -0.3 is 5.32 Å². The number of carbonyl (C=O) groups excluding carboxylic acids is 1. The van der Waals surface area contributed by atoms with Gasteiger partial charge in [0.15, 0.2) is 0 Å². The van der Waals surface area contributed by atoms with Gasteiger partial charge in [-0.25, -0.2) is 8.42 Å². The van der Waals surface area contributed by atoms with Crippen molar-refractivity contribution in [3.05, 3.63) is 65.2 Å². The average Bonchev–Trinajstić information content (AvgIpc) is 2.61. The lowest BCUT2D eigenvalue weighted by atomic mass is 10.1. The zero-order chi connectivity index (χ0) is 19.2. The lowest BCUT2D eigenvalue weighted by molar-refractivity contribution is -0.121. The number of carbonyl (C=O) groups is 1. The number of hydrogen-bond donors (Lipinski definition) is 1. The molecule has 0 fully saturated rings. The number of sulfonamides is 1. The van der Waals surface area contributed by atoms with Crippen LogP contribution in [-0.4, -0.2) is 27.1 Å². The fourth-order valence-electron chi connectivity index (χ4n) is 2.39. The van der Waals surface area contributed by atoms with Crippen LogP contribution in [0.25, 0.3) is 0 Å². The Morgan fingerprint density at radius 2 is 1.73 bits per heavy atom. The van der Waals surface area contributed by atoms with Gasteiger partial charge in [-0.3, -0.25) is 9.10 Å². The molecule has 26 heavy (non-hydrogen) atoms. The standard InChI is InChI=1S/C19H21N3O3S/c1-15-3-5-17(6-4-15)14-21-19(23)11-12-22(26(2,24)25)18-9-7-16(13-20)8-10-18/h3-10H,11-12,14H2,1-2H3,(H,21,23). The summed E-state index contributed by atoms with van der Waals surface area (Å²) in [6, 6.07) is 16.0. The molecular formula is C19H21N3O3S. The summed E-state index contributed by atoms with van der Waals surface area (Å²) in [6.07, 6.45) is 1.13. The van der Waals surface area contributed by atoms with Crippen molar-refractivity contribution in [2.45, 2.75) is 19.9 Å². The molecule has 6 nitrogen and oxygen atoms in total. The van der Waals surface area contributed by atoms with Crippen molar-refractivity contribution < 1.29 is 13.2 Å². The largest absolute Gasteiger partial charge is 0.352 e. The zero-order valence-electron chi connectivity index (χ0n) is 14.8. The molecule has 2 rings (SSSR count). The highest BCUT2D eigenvalue weighted by molar-refractivity contribution is 7.92. The molecule has 2 aromatic rings. The molecule has 0 bridgehead atoms. The van der Waals surface area contributed by atoms with Gasteiger partial charge in [-0.1, -0.05) is 29.8 Å². The number of nitriles is 1. The predicted molar refractivity (Wildman–Crippen MR) is 101 cm³/mol. The molecule has 0 aliphatic heterocycles. The second-order valence-electron chi connectivity index (χ2n) is 6.01. The molecule has 0 atom stereocenters. The van der Waals surface area contributed by atoms with E-state index in [-0.39, 0.29) is 18.9 Å². The first-order valence-electron chi connectivity index (χ1n) is 8.10. The number of amides is 1. The molecule has 1 N–H and O–H groups in total. The van der Waals surface area contributed by atoms with Crippen LogP contribution in [0.15, 0.2) is 48.5 Å². The highest BCUT2D eigenvalue weighted by Crippen LogP contribution is 2.18. The Kier molecular flexibility index (Phi) is 6.36. The van der Waals surface area contributed by atoms with Crippen molar-refractivity contribution in [1.29, 1.82) is 5.26 Å². The Morgan fingerprint density at radius 1 is 1.12 bits per heavy atom. The molecule has 7 heteroatoms. The van der Waals surface area contributed by atoms with Gasteiger partial charge in [0.05, 0.1) is 23.6 Å². The Bertz CT molecular complexity index is 899. The van der Waals surface area contributed by atoms with E-state index in [0.29, 0.717) is 17.8 Å². The van der Waals surface area contributed by atoms with Gasteiger partial charge in [0.1, 0.15) is 0 Å². The minimum atomic E-state index is -3.53. The van der Waals surface area contributed by atoms with E-state index in [0.717, 1.165) is 17.4 Å². The summed E-state index contributed by atoms with van der Waals surface area (Å²) in [5.41, 5.74) is 3.00. The molecule has 0 aromatic heterocycles. The summed E-state index contributed by atoms with van der Waals surface area (Å²) in [5.74, 6) is -0.229. The van der Waals surface area contributed by atoms with Crippen molar-refractivity contribution in [1.82, 2.24) is 5.32 Å². The van der Waals surface area contributed by atoms with Crippen LogP contribution < -0.4 is 9.62 Å². The number of hydrogen-bond acceptors (Lipinski definition) is 4. The van der Waals surface area contributed by atoms with Crippen molar-refractivity contribution in [3.8, 4) is 6.07 Å². The minimum absolute atomic E-state index is 0.0322. The van der Waals surface area contributed by atoms with Crippen LogP contribution in [0.5, 0.6) is 0 Å². The van der Waals surface area contributed by atoms with Gasteiger partial charge in [0.25, 0.3) is 0 Å². The first-order valence-corrected chi connectivity index (χ1v) is 9.94. The third-order valence-electron chi connectivity index (χ3n) is 3.84. The van der Waals surface area contributed by atoms with Gasteiger partial charge in [-0.15, -0.1) is 0 Å². The Labute approximate surface area is 154 Å². The molecule has 0 saturated carbocycles. The minimum Gasteiger partial charge on any atom is -0.352 e. The topological polar surface area (TPSA) is 90.3 Å². The second kappa shape index (κ2) is 8.50. The van der Waals surface area contributed by atoms with E-state index in [2.05, 4.69) is 5.32 Å². The molecule has 0 spiro atoms. The third kappa shape index (κ3) is 5.60. The van der Waals surface area contributed by atoms with E-state index >= 15 is 0 Å². The molecule has 136 valence electrons. The van der Waals surface area contributed by atoms with Crippen LogP contribution in [0.2, 0.25) is 0 Å². The van der Waals surface area contributed by atoms with Gasteiger partial charge in [0.2, 0.25) is 15.9 Å². The van der Waals surface area contributed by atoms with Crippen LogP contribution in [-0.2, 0) is 21.4 Å². The number of aryl methyl sites for hydroxylation is 1. The number of nitrogens with zero attached hydrogens (tertiary/aromatic N) is 2. The highest BCUT2D eigenvalue weighted by atomic mass is 32.2. The fraction of sp³-hybridized carbons (Fsp3) is 0.263. The summed E-state index contributed by atoms with van der Waals surface area (Å²) in [4.78, 5) is 12.1. The Hall–Kier alpha value is -2.85. The molecular weight excluding hydrogens is 350 g/mol. The normalized spacial score (nSPS) is 10.8. The maximum Gasteiger partial charge on any atom is 0.232 e. The second-order valence-corrected chi connectivity index (χ2v) is 7.91. The molecule has 0 unspecified atom stereocenters.